The minimum atomic E-state index is -0.336. The van der Waals surface area contributed by atoms with Crippen LogP contribution in [0.5, 0.6) is 0 Å². The Labute approximate surface area is 140 Å². The smallest absolute Gasteiger partial charge is 0.266 e. The van der Waals surface area contributed by atoms with E-state index in [-0.39, 0.29) is 11.4 Å². The maximum absolute atomic E-state index is 13.3. The highest BCUT2D eigenvalue weighted by molar-refractivity contribution is 7.15. The van der Waals surface area contributed by atoms with Gasteiger partial charge in [-0.1, -0.05) is 47.7 Å². The molecule has 2 heterocycles. The zero-order chi connectivity index (χ0) is 16.7. The maximum Gasteiger partial charge on any atom is 0.291 e. The molecule has 0 saturated carbocycles. The van der Waals surface area contributed by atoms with Crippen molar-refractivity contribution in [3.8, 4) is 11.4 Å². The number of aromatic nitrogens is 3. The van der Waals surface area contributed by atoms with Crippen LogP contribution in [0.4, 0.5) is 4.39 Å². The van der Waals surface area contributed by atoms with Gasteiger partial charge in [0.15, 0.2) is 5.82 Å². The van der Waals surface area contributed by atoms with Gasteiger partial charge in [-0.3, -0.25) is 4.79 Å². The molecular formula is C18H12FN3OS. The summed E-state index contributed by atoms with van der Waals surface area (Å²) in [5.74, 6) is 0.200. The third-order valence-corrected chi connectivity index (χ3v) is 4.67. The van der Waals surface area contributed by atoms with Crippen LogP contribution >= 0.6 is 11.3 Å². The van der Waals surface area contributed by atoms with E-state index >= 15 is 0 Å². The normalized spacial score (nSPS) is 12.2. The number of benzene rings is 2. The second-order valence-corrected chi connectivity index (χ2v) is 6.42. The molecule has 0 spiro atoms. The zero-order valence-electron chi connectivity index (χ0n) is 12.7. The first-order valence-electron chi connectivity index (χ1n) is 7.35. The SMILES string of the molecule is Cc1ccccc1-c1nc2s/c(=C\c3cccc(F)c3)c(=O)n2n1. The Kier molecular flexibility index (Phi) is 3.46. The van der Waals surface area contributed by atoms with E-state index in [0.29, 0.717) is 20.9 Å². The summed E-state index contributed by atoms with van der Waals surface area (Å²) >= 11 is 1.24. The second kappa shape index (κ2) is 5.65. The Balaban J connectivity index is 1.85. The molecule has 0 saturated heterocycles. The second-order valence-electron chi connectivity index (χ2n) is 5.42. The lowest BCUT2D eigenvalue weighted by molar-refractivity contribution is 0.627. The molecule has 0 fully saturated rings. The molecule has 118 valence electrons. The van der Waals surface area contributed by atoms with Crippen LogP contribution in [0.1, 0.15) is 11.1 Å². The molecular weight excluding hydrogens is 325 g/mol. The van der Waals surface area contributed by atoms with Crippen molar-refractivity contribution in [3.05, 3.63) is 80.4 Å². The molecule has 0 aliphatic carbocycles. The highest BCUT2D eigenvalue weighted by atomic mass is 32.1. The van der Waals surface area contributed by atoms with Gasteiger partial charge in [0.1, 0.15) is 5.82 Å². The Morgan fingerprint density at radius 3 is 2.75 bits per heavy atom. The van der Waals surface area contributed by atoms with Gasteiger partial charge in [0.05, 0.1) is 4.53 Å². The van der Waals surface area contributed by atoms with Crippen LogP contribution in [-0.4, -0.2) is 14.6 Å². The number of nitrogens with zero attached hydrogens (tertiary/aromatic N) is 3. The van der Waals surface area contributed by atoms with Gasteiger partial charge in [0.25, 0.3) is 5.56 Å². The molecule has 4 aromatic rings. The molecule has 0 aliphatic rings. The molecule has 0 amide bonds. The van der Waals surface area contributed by atoms with Gasteiger partial charge in [0.2, 0.25) is 4.96 Å². The largest absolute Gasteiger partial charge is 0.291 e. The predicted molar refractivity (Wildman–Crippen MR) is 92.5 cm³/mol. The summed E-state index contributed by atoms with van der Waals surface area (Å²) in [6.07, 6.45) is 1.65. The van der Waals surface area contributed by atoms with Gasteiger partial charge < -0.3 is 0 Å². The van der Waals surface area contributed by atoms with Crippen molar-refractivity contribution in [1.29, 1.82) is 0 Å². The molecule has 24 heavy (non-hydrogen) atoms. The minimum absolute atomic E-state index is 0.244. The number of rotatable bonds is 2. The molecule has 4 nitrogen and oxygen atoms in total. The van der Waals surface area contributed by atoms with Crippen LogP contribution in [0.2, 0.25) is 0 Å². The molecule has 6 heteroatoms. The van der Waals surface area contributed by atoms with Crippen LogP contribution in [0.3, 0.4) is 0 Å². The number of hydrogen-bond acceptors (Lipinski definition) is 4. The lowest BCUT2D eigenvalue weighted by atomic mass is 10.1. The minimum Gasteiger partial charge on any atom is -0.266 e. The summed E-state index contributed by atoms with van der Waals surface area (Å²) in [6.45, 7) is 1.98. The Bertz CT molecular complexity index is 1160. The van der Waals surface area contributed by atoms with Crippen LogP contribution in [0.25, 0.3) is 22.4 Å². The van der Waals surface area contributed by atoms with E-state index in [9.17, 15) is 9.18 Å². The van der Waals surface area contributed by atoms with Crippen LogP contribution < -0.4 is 10.1 Å². The number of thiazole rings is 1. The summed E-state index contributed by atoms with van der Waals surface area (Å²) in [5, 5.41) is 4.33. The summed E-state index contributed by atoms with van der Waals surface area (Å²) in [4.78, 5) is 17.5. The van der Waals surface area contributed by atoms with E-state index in [2.05, 4.69) is 10.1 Å². The van der Waals surface area contributed by atoms with Crippen molar-refractivity contribution < 1.29 is 4.39 Å². The van der Waals surface area contributed by atoms with E-state index in [1.54, 1.807) is 18.2 Å². The van der Waals surface area contributed by atoms with Gasteiger partial charge in [-0.15, -0.1) is 5.10 Å². The summed E-state index contributed by atoms with van der Waals surface area (Å²) < 4.78 is 15.1. The Morgan fingerprint density at radius 1 is 1.17 bits per heavy atom. The first-order chi connectivity index (χ1) is 11.6. The average molecular weight is 337 g/mol. The zero-order valence-corrected chi connectivity index (χ0v) is 13.5. The van der Waals surface area contributed by atoms with Gasteiger partial charge in [-0.05, 0) is 36.3 Å². The molecule has 0 bridgehead atoms. The molecule has 4 rings (SSSR count). The van der Waals surface area contributed by atoms with Crippen LogP contribution in [0, 0.1) is 12.7 Å². The highest BCUT2D eigenvalue weighted by Gasteiger charge is 2.13. The molecule has 2 aromatic heterocycles. The highest BCUT2D eigenvalue weighted by Crippen LogP contribution is 2.20. The average Bonchev–Trinajstić information content (AvgIpc) is 3.08. The molecule has 2 aromatic carbocycles. The van der Waals surface area contributed by atoms with Gasteiger partial charge in [-0.2, -0.15) is 9.50 Å². The van der Waals surface area contributed by atoms with E-state index in [0.717, 1.165) is 11.1 Å². The molecule has 0 aliphatic heterocycles. The summed E-state index contributed by atoms with van der Waals surface area (Å²) in [6, 6.07) is 13.9. The summed E-state index contributed by atoms with van der Waals surface area (Å²) in [5.41, 5.74) is 2.35. The fourth-order valence-electron chi connectivity index (χ4n) is 2.52. The lowest BCUT2D eigenvalue weighted by Crippen LogP contribution is -2.23. The third kappa shape index (κ3) is 2.51. The van der Waals surface area contributed by atoms with Gasteiger partial charge >= 0.3 is 0 Å². The molecule has 0 atom stereocenters. The lowest BCUT2D eigenvalue weighted by Gasteiger charge is -1.98. The van der Waals surface area contributed by atoms with E-state index in [1.807, 2.05) is 31.2 Å². The third-order valence-electron chi connectivity index (χ3n) is 3.71. The van der Waals surface area contributed by atoms with Crippen molar-refractivity contribution in [3.63, 3.8) is 0 Å². The van der Waals surface area contributed by atoms with E-state index < -0.39 is 0 Å². The van der Waals surface area contributed by atoms with Crippen molar-refractivity contribution in [2.45, 2.75) is 6.92 Å². The van der Waals surface area contributed by atoms with Crippen LogP contribution in [-0.2, 0) is 0 Å². The van der Waals surface area contributed by atoms with E-state index in [4.69, 9.17) is 0 Å². The fraction of sp³-hybridized carbons (Fsp3) is 0.0556. The maximum atomic E-state index is 13.3. The Morgan fingerprint density at radius 2 is 2.00 bits per heavy atom. The van der Waals surface area contributed by atoms with Gasteiger partial charge in [0, 0.05) is 5.56 Å². The van der Waals surface area contributed by atoms with Crippen molar-refractivity contribution >= 4 is 22.4 Å². The standard InChI is InChI=1S/C18H12FN3OS/c1-11-5-2-3-8-14(11)16-20-18-22(21-16)17(23)15(24-18)10-12-6-4-7-13(19)9-12/h2-10H,1H3/b15-10-. The van der Waals surface area contributed by atoms with Gasteiger partial charge in [-0.25, -0.2) is 4.39 Å². The fourth-order valence-corrected chi connectivity index (χ4v) is 3.43. The van der Waals surface area contributed by atoms with Crippen molar-refractivity contribution in [2.75, 3.05) is 0 Å². The number of hydrogen-bond donors (Lipinski definition) is 0. The number of fused-ring (bicyclic) bond motifs is 1. The monoisotopic (exact) mass is 337 g/mol. The van der Waals surface area contributed by atoms with E-state index in [1.165, 1.54) is 28.0 Å². The van der Waals surface area contributed by atoms with Crippen LogP contribution in [0.15, 0.2) is 53.3 Å². The quantitative estimate of drug-likeness (QED) is 0.565. The topological polar surface area (TPSA) is 47.3 Å². The number of aryl methyl sites for hydroxylation is 1. The Hall–Kier alpha value is -2.86. The molecule has 0 N–H and O–H groups in total. The molecule has 0 unspecified atom stereocenters. The predicted octanol–water partition coefficient (Wildman–Crippen LogP) is 2.81. The number of halogens is 1. The van der Waals surface area contributed by atoms with Crippen molar-refractivity contribution in [1.82, 2.24) is 14.6 Å². The van der Waals surface area contributed by atoms with Crippen molar-refractivity contribution in [2.24, 2.45) is 0 Å². The first kappa shape index (κ1) is 14.7. The first-order valence-corrected chi connectivity index (χ1v) is 8.16. The summed E-state index contributed by atoms with van der Waals surface area (Å²) in [7, 11) is 0. The molecule has 0 radical (unpaired) electrons.